The summed E-state index contributed by atoms with van der Waals surface area (Å²) in [6, 6.07) is 20.2. The van der Waals surface area contributed by atoms with Crippen molar-refractivity contribution in [3.8, 4) is 0 Å². The minimum Gasteiger partial charge on any atom is -0.355 e. The minimum absolute atomic E-state index is 0.314. The first kappa shape index (κ1) is 15.4. The van der Waals surface area contributed by atoms with Crippen molar-refractivity contribution in [2.75, 3.05) is 12.4 Å². The molecular formula is C18H18BrNO2. The molecule has 1 aliphatic heterocycles. The second-order valence-electron chi connectivity index (χ2n) is 5.20. The fraction of sp³-hybridized carbons (Fsp3) is 0.278. The zero-order chi connectivity index (χ0) is 15.4. The highest BCUT2D eigenvalue weighted by Crippen LogP contribution is 2.36. The van der Waals surface area contributed by atoms with Crippen LogP contribution in [0.1, 0.15) is 17.5 Å². The molecule has 1 aliphatic rings. The minimum atomic E-state index is -0.759. The van der Waals surface area contributed by atoms with Gasteiger partial charge < -0.3 is 9.47 Å². The standard InChI is InChI=1S/C18H18BrNO2/c1-21-17-12-16(14-8-4-2-5-9-14)20-18(13-19,22-17)15-10-6-3-7-11-15/h2-11,17H,12-13H2,1H3. The first-order valence-electron chi connectivity index (χ1n) is 7.23. The van der Waals surface area contributed by atoms with Crippen LogP contribution in [-0.4, -0.2) is 24.4 Å². The van der Waals surface area contributed by atoms with Gasteiger partial charge in [0.15, 0.2) is 12.0 Å². The first-order chi connectivity index (χ1) is 10.8. The lowest BCUT2D eigenvalue weighted by molar-refractivity contribution is -0.196. The Balaban J connectivity index is 2.08. The molecule has 0 saturated heterocycles. The molecule has 0 fully saturated rings. The van der Waals surface area contributed by atoms with E-state index in [1.807, 2.05) is 48.5 Å². The predicted molar refractivity (Wildman–Crippen MR) is 91.4 cm³/mol. The maximum Gasteiger partial charge on any atom is 0.197 e. The number of rotatable bonds is 4. The van der Waals surface area contributed by atoms with E-state index in [1.165, 1.54) is 0 Å². The fourth-order valence-electron chi connectivity index (χ4n) is 2.62. The van der Waals surface area contributed by atoms with Crippen LogP contribution in [0, 0.1) is 0 Å². The molecule has 0 amide bonds. The summed E-state index contributed by atoms with van der Waals surface area (Å²) in [5.74, 6) is 0. The smallest absolute Gasteiger partial charge is 0.197 e. The lowest BCUT2D eigenvalue weighted by Gasteiger charge is -2.37. The molecule has 0 N–H and O–H groups in total. The molecule has 0 saturated carbocycles. The number of hydrogen-bond acceptors (Lipinski definition) is 3. The Morgan fingerprint density at radius 3 is 2.36 bits per heavy atom. The summed E-state index contributed by atoms with van der Waals surface area (Å²) in [6.07, 6.45) is 0.327. The average Bonchev–Trinajstić information content (AvgIpc) is 2.62. The van der Waals surface area contributed by atoms with Gasteiger partial charge in [0.2, 0.25) is 0 Å². The van der Waals surface area contributed by atoms with Gasteiger partial charge in [0, 0.05) is 19.1 Å². The van der Waals surface area contributed by atoms with Crippen molar-refractivity contribution in [1.29, 1.82) is 0 Å². The fourth-order valence-corrected chi connectivity index (χ4v) is 3.20. The molecule has 4 heteroatoms. The second kappa shape index (κ2) is 6.73. The van der Waals surface area contributed by atoms with Gasteiger partial charge in [-0.15, -0.1) is 0 Å². The molecule has 114 valence electrons. The Hall–Kier alpha value is -1.49. The maximum absolute atomic E-state index is 6.15. The number of alkyl halides is 1. The molecule has 0 spiro atoms. The molecule has 22 heavy (non-hydrogen) atoms. The third kappa shape index (κ3) is 3.00. The van der Waals surface area contributed by atoms with Gasteiger partial charge >= 0.3 is 0 Å². The lowest BCUT2D eigenvalue weighted by atomic mass is 10.00. The van der Waals surface area contributed by atoms with Crippen LogP contribution < -0.4 is 0 Å². The highest BCUT2D eigenvalue weighted by atomic mass is 79.9. The van der Waals surface area contributed by atoms with Crippen molar-refractivity contribution < 1.29 is 9.47 Å². The van der Waals surface area contributed by atoms with Gasteiger partial charge in [-0.05, 0) is 5.56 Å². The molecule has 0 radical (unpaired) electrons. The second-order valence-corrected chi connectivity index (χ2v) is 5.76. The summed E-state index contributed by atoms with van der Waals surface area (Å²) < 4.78 is 11.7. The van der Waals surface area contributed by atoms with E-state index in [-0.39, 0.29) is 6.29 Å². The van der Waals surface area contributed by atoms with Gasteiger partial charge in [0.25, 0.3) is 0 Å². The average molecular weight is 360 g/mol. The van der Waals surface area contributed by atoms with E-state index in [4.69, 9.17) is 14.5 Å². The predicted octanol–water partition coefficient (Wildman–Crippen LogP) is 4.12. The largest absolute Gasteiger partial charge is 0.355 e. The number of benzene rings is 2. The Morgan fingerprint density at radius 1 is 1.14 bits per heavy atom. The Morgan fingerprint density at radius 2 is 1.77 bits per heavy atom. The van der Waals surface area contributed by atoms with E-state index < -0.39 is 5.72 Å². The van der Waals surface area contributed by atoms with Crippen LogP contribution in [0.3, 0.4) is 0 Å². The third-order valence-electron chi connectivity index (χ3n) is 3.78. The molecule has 2 aromatic carbocycles. The van der Waals surface area contributed by atoms with E-state index in [0.29, 0.717) is 11.8 Å². The quantitative estimate of drug-likeness (QED) is 0.768. The number of ether oxygens (including phenoxy) is 2. The summed E-state index contributed by atoms with van der Waals surface area (Å²) in [5.41, 5.74) is 2.36. The summed E-state index contributed by atoms with van der Waals surface area (Å²) >= 11 is 3.57. The highest BCUT2D eigenvalue weighted by Gasteiger charge is 2.39. The van der Waals surface area contributed by atoms with Crippen LogP contribution >= 0.6 is 15.9 Å². The molecule has 0 aliphatic carbocycles. The van der Waals surface area contributed by atoms with Crippen LogP contribution in [0.25, 0.3) is 0 Å². The normalized spacial score (nSPS) is 24.8. The Kier molecular flexibility index (Phi) is 4.71. The van der Waals surface area contributed by atoms with E-state index in [1.54, 1.807) is 7.11 Å². The monoisotopic (exact) mass is 359 g/mol. The van der Waals surface area contributed by atoms with Gasteiger partial charge in [0.1, 0.15) is 0 Å². The van der Waals surface area contributed by atoms with E-state index in [0.717, 1.165) is 16.8 Å². The topological polar surface area (TPSA) is 30.8 Å². The molecule has 2 atom stereocenters. The SMILES string of the molecule is COC1CC(c2ccccc2)=NC(CBr)(c2ccccc2)O1. The number of hydrogen-bond donors (Lipinski definition) is 0. The zero-order valence-corrected chi connectivity index (χ0v) is 14.0. The van der Waals surface area contributed by atoms with Crippen LogP contribution in [0.2, 0.25) is 0 Å². The van der Waals surface area contributed by atoms with Crippen molar-refractivity contribution in [1.82, 2.24) is 0 Å². The summed E-state index contributed by atoms with van der Waals surface area (Å²) in [4.78, 5) is 4.94. The van der Waals surface area contributed by atoms with Gasteiger partial charge in [0.05, 0.1) is 11.0 Å². The molecule has 0 aromatic heterocycles. The molecule has 0 bridgehead atoms. The molecule has 3 rings (SSSR count). The maximum atomic E-state index is 6.15. The molecule has 2 unspecified atom stereocenters. The molecule has 1 heterocycles. The number of methoxy groups -OCH3 is 1. The molecule has 2 aromatic rings. The zero-order valence-electron chi connectivity index (χ0n) is 12.4. The van der Waals surface area contributed by atoms with Crippen LogP contribution in [0.4, 0.5) is 0 Å². The van der Waals surface area contributed by atoms with Crippen molar-refractivity contribution >= 4 is 21.6 Å². The van der Waals surface area contributed by atoms with E-state index >= 15 is 0 Å². The Bertz CT molecular complexity index is 645. The van der Waals surface area contributed by atoms with Crippen molar-refractivity contribution in [2.24, 2.45) is 4.99 Å². The van der Waals surface area contributed by atoms with Gasteiger partial charge in [-0.3, -0.25) is 0 Å². The van der Waals surface area contributed by atoms with Crippen molar-refractivity contribution in [3.05, 3.63) is 71.8 Å². The summed E-state index contributed by atoms with van der Waals surface area (Å²) in [7, 11) is 1.67. The van der Waals surface area contributed by atoms with Gasteiger partial charge in [-0.25, -0.2) is 4.99 Å². The number of nitrogens with zero attached hydrogens (tertiary/aromatic N) is 1. The van der Waals surface area contributed by atoms with Crippen LogP contribution in [-0.2, 0) is 15.2 Å². The van der Waals surface area contributed by atoms with Crippen molar-refractivity contribution in [3.63, 3.8) is 0 Å². The van der Waals surface area contributed by atoms with Gasteiger partial charge in [-0.1, -0.05) is 76.6 Å². The Labute approximate surface area is 139 Å². The van der Waals surface area contributed by atoms with E-state index in [2.05, 4.69) is 28.1 Å². The summed E-state index contributed by atoms with van der Waals surface area (Å²) in [6.45, 7) is 0. The first-order valence-corrected chi connectivity index (χ1v) is 8.36. The van der Waals surface area contributed by atoms with Crippen molar-refractivity contribution in [2.45, 2.75) is 18.4 Å². The van der Waals surface area contributed by atoms with Crippen LogP contribution in [0.5, 0.6) is 0 Å². The third-order valence-corrected chi connectivity index (χ3v) is 4.54. The number of halogens is 1. The van der Waals surface area contributed by atoms with E-state index in [9.17, 15) is 0 Å². The highest BCUT2D eigenvalue weighted by molar-refractivity contribution is 9.09. The molecular weight excluding hydrogens is 342 g/mol. The van der Waals surface area contributed by atoms with Crippen LogP contribution in [0.15, 0.2) is 65.7 Å². The summed E-state index contributed by atoms with van der Waals surface area (Å²) in [5, 5.41) is 0.570. The lowest BCUT2D eigenvalue weighted by Crippen LogP contribution is -2.41. The molecule has 3 nitrogen and oxygen atoms in total. The number of aliphatic imine (C=N–C) groups is 1. The van der Waals surface area contributed by atoms with Gasteiger partial charge in [-0.2, -0.15) is 0 Å².